The van der Waals surface area contributed by atoms with Crippen LogP contribution in [0.2, 0.25) is 0 Å². The summed E-state index contributed by atoms with van der Waals surface area (Å²) in [6.07, 6.45) is -11.8. The number of alkyl halides is 6. The Morgan fingerprint density at radius 1 is 1.00 bits per heavy atom. The molecular formula is C27H23F6NO4. The molecule has 1 aliphatic rings. The van der Waals surface area contributed by atoms with E-state index < -0.39 is 52.4 Å². The van der Waals surface area contributed by atoms with Crippen LogP contribution in [0.1, 0.15) is 52.8 Å². The topological polar surface area (TPSA) is 57.5 Å². The molecule has 0 radical (unpaired) electrons. The van der Waals surface area contributed by atoms with E-state index >= 15 is 0 Å². The molecule has 0 N–H and O–H groups in total. The molecule has 202 valence electrons. The Kier molecular flexibility index (Phi) is 7.07. The first-order chi connectivity index (χ1) is 17.8. The molecule has 1 aromatic heterocycles. The first kappa shape index (κ1) is 27.3. The van der Waals surface area contributed by atoms with Crippen molar-refractivity contribution in [3.05, 3.63) is 92.4 Å². The fraction of sp³-hybridized carbons (Fsp3) is 0.333. The van der Waals surface area contributed by atoms with Gasteiger partial charge in [-0.25, -0.2) is 0 Å². The second-order valence-corrected chi connectivity index (χ2v) is 8.94. The van der Waals surface area contributed by atoms with Crippen LogP contribution in [0.5, 0.6) is 11.5 Å². The van der Waals surface area contributed by atoms with Crippen LogP contribution < -0.4 is 15.0 Å². The zero-order valence-electron chi connectivity index (χ0n) is 20.5. The van der Waals surface area contributed by atoms with Gasteiger partial charge in [-0.3, -0.25) is 9.59 Å². The fourth-order valence-electron chi connectivity index (χ4n) is 4.63. The van der Waals surface area contributed by atoms with Gasteiger partial charge >= 0.3 is 12.4 Å². The van der Waals surface area contributed by atoms with Crippen LogP contribution in [0, 0.1) is 6.92 Å². The lowest BCUT2D eigenvalue weighted by Crippen LogP contribution is -2.33. The van der Waals surface area contributed by atoms with E-state index in [1.54, 1.807) is 31.2 Å². The van der Waals surface area contributed by atoms with Gasteiger partial charge in [0, 0.05) is 18.2 Å². The molecule has 5 nitrogen and oxygen atoms in total. The first-order valence-electron chi connectivity index (χ1n) is 11.6. The Balaban J connectivity index is 1.92. The number of halogens is 6. The molecule has 3 aromatic rings. The van der Waals surface area contributed by atoms with Gasteiger partial charge in [-0.1, -0.05) is 25.1 Å². The number of Topliss-reactive ketones (excluding diaryl/α,β-unsaturated/α-hetero) is 1. The Hall–Kier alpha value is -3.76. The molecule has 2 heterocycles. The minimum atomic E-state index is -5.19. The maximum Gasteiger partial charge on any atom is 0.416 e. The largest absolute Gasteiger partial charge is 0.497 e. The summed E-state index contributed by atoms with van der Waals surface area (Å²) in [6, 6.07) is 9.45. The number of carbonyl (C=O) groups excluding carboxylic acids is 1. The van der Waals surface area contributed by atoms with E-state index in [0.29, 0.717) is 29.1 Å². The molecule has 11 heteroatoms. The Morgan fingerprint density at radius 3 is 2.21 bits per heavy atom. The molecule has 38 heavy (non-hydrogen) atoms. The van der Waals surface area contributed by atoms with Gasteiger partial charge in [0.1, 0.15) is 11.5 Å². The van der Waals surface area contributed by atoms with Crippen LogP contribution in [-0.2, 0) is 23.7 Å². The van der Waals surface area contributed by atoms with Gasteiger partial charge in [-0.15, -0.1) is 0 Å². The SMILES string of the molecule is CCC(=O)[C@H]1Oc2cc(C)n(Cc3ccc(OC)cc3)c(=O)c2[C@H]1c1ccc(C(F)(F)F)cc1C(F)(F)F. The highest BCUT2D eigenvalue weighted by Crippen LogP contribution is 2.47. The minimum Gasteiger partial charge on any atom is -0.497 e. The summed E-state index contributed by atoms with van der Waals surface area (Å²) in [4.78, 5) is 26.5. The van der Waals surface area contributed by atoms with Crippen LogP contribution in [0.25, 0.3) is 0 Å². The standard InChI is InChI=1S/C27H23F6NO4/c1-4-20(35)24-22(18-10-7-16(26(28,29)30)12-19(18)27(31,32)33)23-21(38-24)11-14(2)34(25(23)36)13-15-5-8-17(37-3)9-6-15/h5-12,22,24H,4,13H2,1-3H3/t22-,24-/m1/s1. The van der Waals surface area contributed by atoms with Crippen molar-refractivity contribution in [2.45, 2.75) is 51.2 Å². The predicted molar refractivity (Wildman–Crippen MR) is 126 cm³/mol. The number of carbonyl (C=O) groups is 1. The van der Waals surface area contributed by atoms with Crippen LogP contribution in [0.15, 0.2) is 53.3 Å². The van der Waals surface area contributed by atoms with Gasteiger partial charge in [-0.05, 0) is 42.3 Å². The number of hydrogen-bond acceptors (Lipinski definition) is 4. The lowest BCUT2D eigenvalue weighted by molar-refractivity contribution is -0.143. The molecule has 0 fully saturated rings. The minimum absolute atomic E-state index is 0.00485. The molecule has 0 saturated carbocycles. The fourth-order valence-corrected chi connectivity index (χ4v) is 4.63. The number of benzene rings is 2. The number of pyridine rings is 1. The van der Waals surface area contributed by atoms with Crippen molar-refractivity contribution in [2.75, 3.05) is 7.11 Å². The van der Waals surface area contributed by atoms with Crippen molar-refractivity contribution >= 4 is 5.78 Å². The van der Waals surface area contributed by atoms with Crippen molar-refractivity contribution in [3.63, 3.8) is 0 Å². The zero-order valence-corrected chi connectivity index (χ0v) is 20.5. The van der Waals surface area contributed by atoms with Gasteiger partial charge in [-0.2, -0.15) is 26.3 Å². The third kappa shape index (κ3) is 5.01. The third-order valence-electron chi connectivity index (χ3n) is 6.56. The molecule has 0 spiro atoms. The van der Waals surface area contributed by atoms with Gasteiger partial charge < -0.3 is 14.0 Å². The highest BCUT2D eigenvalue weighted by molar-refractivity contribution is 5.86. The van der Waals surface area contributed by atoms with Gasteiger partial charge in [0.25, 0.3) is 5.56 Å². The number of aryl methyl sites for hydroxylation is 1. The second kappa shape index (κ2) is 9.85. The summed E-state index contributed by atoms with van der Waals surface area (Å²) in [7, 11) is 1.49. The quantitative estimate of drug-likeness (QED) is 0.354. The van der Waals surface area contributed by atoms with E-state index in [2.05, 4.69) is 0 Å². The summed E-state index contributed by atoms with van der Waals surface area (Å²) in [5.41, 5.74) is -3.49. The number of rotatable bonds is 6. The Labute approximate surface area is 213 Å². The van der Waals surface area contributed by atoms with Crippen molar-refractivity contribution in [1.82, 2.24) is 4.57 Å². The molecular weight excluding hydrogens is 516 g/mol. The first-order valence-corrected chi connectivity index (χ1v) is 11.6. The number of fused-ring (bicyclic) bond motifs is 1. The van der Waals surface area contributed by atoms with Crippen LogP contribution >= 0.6 is 0 Å². The summed E-state index contributed by atoms with van der Waals surface area (Å²) in [6.45, 7) is 3.15. The maximum atomic E-state index is 14.1. The average molecular weight is 539 g/mol. The number of hydrogen-bond donors (Lipinski definition) is 0. The monoisotopic (exact) mass is 539 g/mol. The van der Waals surface area contributed by atoms with E-state index in [-0.39, 0.29) is 30.3 Å². The Morgan fingerprint density at radius 2 is 1.66 bits per heavy atom. The molecule has 1 aliphatic heterocycles. The number of methoxy groups -OCH3 is 1. The van der Waals surface area contributed by atoms with Crippen LogP contribution in [-0.4, -0.2) is 23.6 Å². The number of ether oxygens (including phenoxy) is 2. The molecule has 4 rings (SSSR count). The lowest BCUT2D eigenvalue weighted by atomic mass is 9.83. The third-order valence-corrected chi connectivity index (χ3v) is 6.56. The predicted octanol–water partition coefficient (Wildman–Crippen LogP) is 6.12. The van der Waals surface area contributed by atoms with Crippen molar-refractivity contribution in [3.8, 4) is 11.5 Å². The molecule has 0 aliphatic carbocycles. The summed E-state index contributed by atoms with van der Waals surface area (Å²) < 4.78 is 94.2. The summed E-state index contributed by atoms with van der Waals surface area (Å²) in [5, 5.41) is 0. The highest BCUT2D eigenvalue weighted by Gasteiger charge is 2.47. The van der Waals surface area contributed by atoms with E-state index in [4.69, 9.17) is 9.47 Å². The molecule has 0 saturated heterocycles. The van der Waals surface area contributed by atoms with Gasteiger partial charge in [0.2, 0.25) is 0 Å². The molecule has 2 atom stereocenters. The van der Waals surface area contributed by atoms with E-state index in [1.807, 2.05) is 0 Å². The Bertz CT molecular complexity index is 1420. The van der Waals surface area contributed by atoms with Gasteiger partial charge in [0.05, 0.1) is 36.3 Å². The number of ketones is 1. The average Bonchev–Trinajstić information content (AvgIpc) is 3.24. The number of aromatic nitrogens is 1. The second-order valence-electron chi connectivity index (χ2n) is 8.94. The normalized spacial score (nSPS) is 17.2. The molecule has 2 aromatic carbocycles. The van der Waals surface area contributed by atoms with E-state index in [9.17, 15) is 35.9 Å². The van der Waals surface area contributed by atoms with Gasteiger partial charge in [0.15, 0.2) is 11.9 Å². The van der Waals surface area contributed by atoms with Crippen LogP contribution in [0.4, 0.5) is 26.3 Å². The molecule has 0 bridgehead atoms. The van der Waals surface area contributed by atoms with E-state index in [1.165, 1.54) is 24.7 Å². The van der Waals surface area contributed by atoms with Crippen molar-refractivity contribution in [1.29, 1.82) is 0 Å². The molecule has 0 amide bonds. The summed E-state index contributed by atoms with van der Waals surface area (Å²) in [5.74, 6) is -1.61. The molecule has 0 unspecified atom stereocenters. The lowest BCUT2D eigenvalue weighted by Gasteiger charge is -2.23. The smallest absolute Gasteiger partial charge is 0.416 e. The zero-order chi connectivity index (χ0) is 28.0. The van der Waals surface area contributed by atoms with Crippen molar-refractivity contribution in [2.24, 2.45) is 0 Å². The van der Waals surface area contributed by atoms with E-state index in [0.717, 1.165) is 0 Å². The number of nitrogens with zero attached hydrogens (tertiary/aromatic N) is 1. The highest BCUT2D eigenvalue weighted by atomic mass is 19.4. The van der Waals surface area contributed by atoms with Crippen molar-refractivity contribution < 1.29 is 40.6 Å². The summed E-state index contributed by atoms with van der Waals surface area (Å²) >= 11 is 0. The van der Waals surface area contributed by atoms with Crippen LogP contribution in [0.3, 0.4) is 0 Å². The maximum absolute atomic E-state index is 14.1.